The molecule has 0 saturated heterocycles. The number of carbonyl (C=O) groups excluding carboxylic acids is 2. The van der Waals surface area contributed by atoms with E-state index in [0.717, 1.165) is 5.56 Å². The predicted molar refractivity (Wildman–Crippen MR) is 89.9 cm³/mol. The van der Waals surface area contributed by atoms with Crippen LogP contribution in [0.25, 0.3) is 0 Å². The standard InChI is InChI=1S/C17H25ClN2O2/c1-11(2)15(13-5-7-14(18)8-6-13)17(22)20-10-9-19-16(21)12(3)4/h5-8,11-12,15H,9-10H2,1-4H3,(H,19,21)(H,20,22). The highest BCUT2D eigenvalue weighted by Gasteiger charge is 2.23. The largest absolute Gasteiger partial charge is 0.354 e. The average molecular weight is 325 g/mol. The molecule has 2 amide bonds. The first-order chi connectivity index (χ1) is 10.3. The molecule has 0 spiro atoms. The quantitative estimate of drug-likeness (QED) is 0.758. The minimum absolute atomic E-state index is 0.00707. The Morgan fingerprint density at radius 2 is 1.45 bits per heavy atom. The van der Waals surface area contributed by atoms with E-state index in [0.29, 0.717) is 18.1 Å². The van der Waals surface area contributed by atoms with Crippen molar-refractivity contribution in [2.75, 3.05) is 13.1 Å². The minimum Gasteiger partial charge on any atom is -0.354 e. The van der Waals surface area contributed by atoms with Crippen LogP contribution in [0.1, 0.15) is 39.2 Å². The number of carbonyl (C=O) groups is 2. The van der Waals surface area contributed by atoms with Crippen molar-refractivity contribution < 1.29 is 9.59 Å². The molecule has 1 atom stereocenters. The summed E-state index contributed by atoms with van der Waals surface area (Å²) < 4.78 is 0. The summed E-state index contributed by atoms with van der Waals surface area (Å²) in [5, 5.41) is 6.32. The molecule has 4 nitrogen and oxygen atoms in total. The molecule has 122 valence electrons. The third kappa shape index (κ3) is 5.68. The third-order valence-corrected chi connectivity index (χ3v) is 3.68. The summed E-state index contributed by atoms with van der Waals surface area (Å²) in [5.74, 6) is -0.138. The van der Waals surface area contributed by atoms with Gasteiger partial charge in [-0.1, -0.05) is 51.4 Å². The molecule has 2 N–H and O–H groups in total. The fourth-order valence-corrected chi connectivity index (χ4v) is 2.32. The first kappa shape index (κ1) is 18.5. The second kappa shape index (κ2) is 8.79. The van der Waals surface area contributed by atoms with Gasteiger partial charge in [-0.25, -0.2) is 0 Å². The summed E-state index contributed by atoms with van der Waals surface area (Å²) >= 11 is 5.89. The number of benzene rings is 1. The molecule has 0 aromatic heterocycles. The van der Waals surface area contributed by atoms with Crippen molar-refractivity contribution in [1.82, 2.24) is 10.6 Å². The van der Waals surface area contributed by atoms with Crippen molar-refractivity contribution in [2.24, 2.45) is 11.8 Å². The van der Waals surface area contributed by atoms with Crippen LogP contribution >= 0.6 is 11.6 Å². The molecule has 0 aliphatic rings. The minimum atomic E-state index is -0.224. The van der Waals surface area contributed by atoms with Crippen molar-refractivity contribution in [1.29, 1.82) is 0 Å². The summed E-state index contributed by atoms with van der Waals surface area (Å²) in [6.07, 6.45) is 0. The second-order valence-corrected chi connectivity index (χ2v) is 6.45. The van der Waals surface area contributed by atoms with Gasteiger partial charge in [0.05, 0.1) is 5.92 Å². The Morgan fingerprint density at radius 1 is 0.955 bits per heavy atom. The fourth-order valence-electron chi connectivity index (χ4n) is 2.19. The van der Waals surface area contributed by atoms with Crippen LogP contribution in [-0.2, 0) is 9.59 Å². The van der Waals surface area contributed by atoms with Gasteiger partial charge in [-0.2, -0.15) is 0 Å². The van der Waals surface area contributed by atoms with Gasteiger partial charge in [0.1, 0.15) is 0 Å². The lowest BCUT2D eigenvalue weighted by Gasteiger charge is -2.21. The lowest BCUT2D eigenvalue weighted by Crippen LogP contribution is -2.39. The molecule has 0 aliphatic carbocycles. The second-order valence-electron chi connectivity index (χ2n) is 6.01. The van der Waals surface area contributed by atoms with E-state index in [-0.39, 0.29) is 29.6 Å². The van der Waals surface area contributed by atoms with Gasteiger partial charge in [0.15, 0.2) is 0 Å². The molecular formula is C17H25ClN2O2. The van der Waals surface area contributed by atoms with E-state index >= 15 is 0 Å². The molecule has 1 aromatic carbocycles. The van der Waals surface area contributed by atoms with E-state index < -0.39 is 0 Å². The first-order valence-corrected chi connectivity index (χ1v) is 8.01. The molecule has 0 heterocycles. The number of halogens is 1. The van der Waals surface area contributed by atoms with Gasteiger partial charge in [0.25, 0.3) is 0 Å². The third-order valence-electron chi connectivity index (χ3n) is 3.43. The Labute approximate surface area is 137 Å². The number of amides is 2. The number of hydrogen-bond donors (Lipinski definition) is 2. The highest BCUT2D eigenvalue weighted by Crippen LogP contribution is 2.25. The Morgan fingerprint density at radius 3 is 1.91 bits per heavy atom. The van der Waals surface area contributed by atoms with Crippen LogP contribution < -0.4 is 10.6 Å². The molecule has 22 heavy (non-hydrogen) atoms. The van der Waals surface area contributed by atoms with Crippen LogP contribution in [-0.4, -0.2) is 24.9 Å². The lowest BCUT2D eigenvalue weighted by molar-refractivity contribution is -0.125. The molecule has 0 fully saturated rings. The Balaban J connectivity index is 2.56. The van der Waals surface area contributed by atoms with Gasteiger partial charge in [-0.3, -0.25) is 9.59 Å². The topological polar surface area (TPSA) is 58.2 Å². The van der Waals surface area contributed by atoms with Gasteiger partial charge < -0.3 is 10.6 Å². The molecule has 0 bridgehead atoms. The summed E-state index contributed by atoms with van der Waals surface area (Å²) in [5.41, 5.74) is 0.947. The zero-order valence-electron chi connectivity index (χ0n) is 13.7. The highest BCUT2D eigenvalue weighted by atomic mass is 35.5. The number of hydrogen-bond acceptors (Lipinski definition) is 2. The molecule has 1 aromatic rings. The molecular weight excluding hydrogens is 300 g/mol. The van der Waals surface area contributed by atoms with Gasteiger partial charge in [-0.05, 0) is 23.6 Å². The fraction of sp³-hybridized carbons (Fsp3) is 0.529. The van der Waals surface area contributed by atoms with Crippen LogP contribution in [0.3, 0.4) is 0 Å². The van der Waals surface area contributed by atoms with Gasteiger partial charge >= 0.3 is 0 Å². The summed E-state index contributed by atoms with van der Waals surface area (Å²) in [7, 11) is 0. The van der Waals surface area contributed by atoms with Crippen molar-refractivity contribution in [2.45, 2.75) is 33.6 Å². The maximum Gasteiger partial charge on any atom is 0.227 e. The van der Waals surface area contributed by atoms with Crippen molar-refractivity contribution in [3.63, 3.8) is 0 Å². The Bertz CT molecular complexity index is 498. The van der Waals surface area contributed by atoms with E-state index in [4.69, 9.17) is 11.6 Å². The summed E-state index contributed by atoms with van der Waals surface area (Å²) in [6.45, 7) is 8.56. The Hall–Kier alpha value is -1.55. The van der Waals surface area contributed by atoms with E-state index in [1.54, 1.807) is 12.1 Å². The van der Waals surface area contributed by atoms with Crippen LogP contribution in [0, 0.1) is 11.8 Å². The van der Waals surface area contributed by atoms with Crippen LogP contribution in [0.2, 0.25) is 5.02 Å². The lowest BCUT2D eigenvalue weighted by atomic mass is 9.87. The van der Waals surface area contributed by atoms with Crippen LogP contribution in [0.5, 0.6) is 0 Å². The number of nitrogens with one attached hydrogen (secondary N) is 2. The maximum atomic E-state index is 12.4. The van der Waals surface area contributed by atoms with Gasteiger partial charge in [-0.15, -0.1) is 0 Å². The maximum absolute atomic E-state index is 12.4. The van der Waals surface area contributed by atoms with Crippen molar-refractivity contribution in [3.05, 3.63) is 34.9 Å². The van der Waals surface area contributed by atoms with Crippen molar-refractivity contribution in [3.8, 4) is 0 Å². The zero-order valence-corrected chi connectivity index (χ0v) is 14.4. The summed E-state index contributed by atoms with van der Waals surface area (Å²) in [6, 6.07) is 7.35. The molecule has 0 saturated carbocycles. The molecule has 5 heteroatoms. The highest BCUT2D eigenvalue weighted by molar-refractivity contribution is 6.30. The van der Waals surface area contributed by atoms with Crippen molar-refractivity contribution >= 4 is 23.4 Å². The smallest absolute Gasteiger partial charge is 0.227 e. The van der Waals surface area contributed by atoms with E-state index in [1.807, 2.05) is 39.8 Å². The zero-order chi connectivity index (χ0) is 16.7. The number of rotatable bonds is 7. The molecule has 1 rings (SSSR count). The van der Waals surface area contributed by atoms with E-state index in [9.17, 15) is 9.59 Å². The van der Waals surface area contributed by atoms with E-state index in [2.05, 4.69) is 10.6 Å². The summed E-state index contributed by atoms with van der Waals surface area (Å²) in [4.78, 5) is 23.8. The van der Waals surface area contributed by atoms with Crippen LogP contribution in [0.15, 0.2) is 24.3 Å². The predicted octanol–water partition coefficient (Wildman–Crippen LogP) is 2.97. The normalized spacial score (nSPS) is 12.3. The van der Waals surface area contributed by atoms with Crippen LogP contribution in [0.4, 0.5) is 0 Å². The first-order valence-electron chi connectivity index (χ1n) is 7.63. The average Bonchev–Trinajstić information content (AvgIpc) is 2.45. The van der Waals surface area contributed by atoms with Gasteiger partial charge in [0.2, 0.25) is 11.8 Å². The van der Waals surface area contributed by atoms with Gasteiger partial charge in [0, 0.05) is 24.0 Å². The molecule has 0 radical (unpaired) electrons. The SMILES string of the molecule is CC(C)C(=O)NCCNC(=O)C(c1ccc(Cl)cc1)C(C)C. The Kier molecular flexibility index (Phi) is 7.39. The molecule has 1 unspecified atom stereocenters. The van der Waals surface area contributed by atoms with E-state index in [1.165, 1.54) is 0 Å². The monoisotopic (exact) mass is 324 g/mol. The molecule has 0 aliphatic heterocycles.